The molecule has 0 amide bonds. The normalized spacial score (nSPS) is 11.5. The highest BCUT2D eigenvalue weighted by molar-refractivity contribution is 7.89. The van der Waals surface area contributed by atoms with Crippen molar-refractivity contribution in [3.8, 4) is 11.1 Å². The summed E-state index contributed by atoms with van der Waals surface area (Å²) in [7, 11) is -3.59. The van der Waals surface area contributed by atoms with Gasteiger partial charge in [0.1, 0.15) is 0 Å². The van der Waals surface area contributed by atoms with Crippen molar-refractivity contribution in [2.24, 2.45) is 0 Å². The molecule has 2 aromatic rings. The molecule has 0 radical (unpaired) electrons. The van der Waals surface area contributed by atoms with Crippen molar-refractivity contribution in [3.63, 3.8) is 0 Å². The summed E-state index contributed by atoms with van der Waals surface area (Å²) in [5, 5.41) is 0. The van der Waals surface area contributed by atoms with Crippen LogP contribution in [0.25, 0.3) is 11.1 Å². The molecule has 0 fully saturated rings. The fourth-order valence-electron chi connectivity index (χ4n) is 1.87. The van der Waals surface area contributed by atoms with Crippen LogP contribution in [0.5, 0.6) is 0 Å². The Morgan fingerprint density at radius 3 is 2.42 bits per heavy atom. The zero-order valence-electron chi connectivity index (χ0n) is 10.4. The number of nitrogens with one attached hydrogen (secondary N) is 1. The average molecular weight is 296 g/mol. The van der Waals surface area contributed by atoms with Gasteiger partial charge in [0.2, 0.25) is 10.0 Å². The van der Waals surface area contributed by atoms with Crippen molar-refractivity contribution >= 4 is 21.6 Å². The van der Waals surface area contributed by atoms with Gasteiger partial charge in [-0.2, -0.15) is 4.72 Å². The molecule has 0 atom stereocenters. The third-order valence-corrected chi connectivity index (χ3v) is 4.51. The van der Waals surface area contributed by atoms with E-state index in [2.05, 4.69) is 4.72 Å². The predicted molar refractivity (Wildman–Crippen MR) is 77.7 cm³/mol. The molecular formula is C14H14ClNO2S. The molecule has 0 saturated heterocycles. The fourth-order valence-corrected chi connectivity index (χ4v) is 3.31. The van der Waals surface area contributed by atoms with E-state index < -0.39 is 10.0 Å². The van der Waals surface area contributed by atoms with Crippen LogP contribution in [0.3, 0.4) is 0 Å². The van der Waals surface area contributed by atoms with Crippen LogP contribution in [0.2, 0.25) is 0 Å². The number of benzene rings is 2. The van der Waals surface area contributed by atoms with Gasteiger partial charge in [0.05, 0.1) is 10.9 Å². The van der Waals surface area contributed by atoms with Gasteiger partial charge in [0.25, 0.3) is 0 Å². The number of rotatable bonds is 4. The summed E-state index contributed by atoms with van der Waals surface area (Å²) in [5.41, 5.74) is 2.54. The van der Waals surface area contributed by atoms with E-state index in [4.69, 9.17) is 11.6 Å². The van der Waals surface area contributed by atoms with Crippen molar-refractivity contribution in [1.29, 1.82) is 0 Å². The summed E-state index contributed by atoms with van der Waals surface area (Å²) in [5.74, 6) is 0. The molecule has 19 heavy (non-hydrogen) atoms. The average Bonchev–Trinajstić information content (AvgIpc) is 2.39. The molecule has 100 valence electrons. The lowest BCUT2D eigenvalue weighted by Crippen LogP contribution is -2.22. The first kappa shape index (κ1) is 14.1. The maximum atomic E-state index is 12.1. The Labute approximate surface area is 118 Å². The van der Waals surface area contributed by atoms with E-state index in [0.717, 1.165) is 11.1 Å². The molecule has 0 aliphatic heterocycles. The third-order valence-electron chi connectivity index (χ3n) is 2.75. The van der Waals surface area contributed by atoms with Crippen molar-refractivity contribution in [2.75, 3.05) is 6.00 Å². The number of aryl methyl sites for hydroxylation is 1. The van der Waals surface area contributed by atoms with Crippen LogP contribution in [0.4, 0.5) is 0 Å². The van der Waals surface area contributed by atoms with Gasteiger partial charge in [-0.25, -0.2) is 8.42 Å². The van der Waals surface area contributed by atoms with Gasteiger partial charge in [0.15, 0.2) is 0 Å². The quantitative estimate of drug-likeness (QED) is 0.696. The van der Waals surface area contributed by atoms with Crippen LogP contribution >= 0.6 is 11.6 Å². The lowest BCUT2D eigenvalue weighted by Gasteiger charge is -2.11. The molecule has 2 rings (SSSR count). The standard InChI is InChI=1S/C14H14ClNO2S/c1-11-7-8-14(19(17,18)16-10-15)13(9-11)12-5-3-2-4-6-12/h2-9,16H,10H2,1H3. The maximum Gasteiger partial charge on any atom is 0.242 e. The Morgan fingerprint density at radius 2 is 1.79 bits per heavy atom. The van der Waals surface area contributed by atoms with E-state index >= 15 is 0 Å². The van der Waals surface area contributed by atoms with Crippen molar-refractivity contribution < 1.29 is 8.42 Å². The largest absolute Gasteiger partial charge is 0.242 e. The minimum absolute atomic E-state index is 0.148. The van der Waals surface area contributed by atoms with E-state index in [1.54, 1.807) is 12.1 Å². The molecule has 0 heterocycles. The molecule has 0 unspecified atom stereocenters. The van der Waals surface area contributed by atoms with Crippen LogP contribution in [0.1, 0.15) is 5.56 Å². The zero-order valence-corrected chi connectivity index (χ0v) is 12.0. The molecule has 2 aromatic carbocycles. The second-order valence-corrected chi connectivity index (χ2v) is 6.15. The topological polar surface area (TPSA) is 46.2 Å². The number of halogens is 1. The number of sulfonamides is 1. The summed E-state index contributed by atoms with van der Waals surface area (Å²) >= 11 is 5.48. The first-order chi connectivity index (χ1) is 9.04. The first-order valence-electron chi connectivity index (χ1n) is 5.76. The molecule has 1 N–H and O–H groups in total. The van der Waals surface area contributed by atoms with Crippen LogP contribution in [0.15, 0.2) is 53.4 Å². The SMILES string of the molecule is Cc1ccc(S(=O)(=O)NCCl)c(-c2ccccc2)c1. The van der Waals surface area contributed by atoms with Gasteiger partial charge in [-0.15, -0.1) is 11.6 Å². The molecule has 0 bridgehead atoms. The van der Waals surface area contributed by atoms with Gasteiger partial charge < -0.3 is 0 Å². The fraction of sp³-hybridized carbons (Fsp3) is 0.143. The third kappa shape index (κ3) is 3.15. The minimum Gasteiger partial charge on any atom is -0.207 e. The molecule has 5 heteroatoms. The second kappa shape index (κ2) is 5.74. The number of hydrogen-bond donors (Lipinski definition) is 1. The molecule has 0 aliphatic carbocycles. The maximum absolute atomic E-state index is 12.1. The van der Waals surface area contributed by atoms with Crippen LogP contribution in [-0.4, -0.2) is 14.4 Å². The van der Waals surface area contributed by atoms with Gasteiger partial charge in [-0.1, -0.05) is 48.0 Å². The summed E-state index contributed by atoms with van der Waals surface area (Å²) in [4.78, 5) is 0.241. The van der Waals surface area contributed by atoms with Crippen molar-refractivity contribution in [2.45, 2.75) is 11.8 Å². The van der Waals surface area contributed by atoms with Crippen LogP contribution in [-0.2, 0) is 10.0 Å². The second-order valence-electron chi connectivity index (χ2n) is 4.15. The Morgan fingerprint density at radius 1 is 1.11 bits per heavy atom. The van der Waals surface area contributed by atoms with Crippen molar-refractivity contribution in [3.05, 3.63) is 54.1 Å². The zero-order chi connectivity index (χ0) is 13.9. The Hall–Kier alpha value is -1.36. The van der Waals surface area contributed by atoms with Gasteiger partial charge in [-0.3, -0.25) is 0 Å². The molecule has 0 saturated carbocycles. The Bertz CT molecular complexity index is 669. The van der Waals surface area contributed by atoms with Gasteiger partial charge >= 0.3 is 0 Å². The number of alkyl halides is 1. The van der Waals surface area contributed by atoms with E-state index in [1.165, 1.54) is 0 Å². The van der Waals surface area contributed by atoms with Gasteiger partial charge in [-0.05, 0) is 18.6 Å². The van der Waals surface area contributed by atoms with E-state index in [-0.39, 0.29) is 10.9 Å². The Kier molecular flexibility index (Phi) is 4.24. The van der Waals surface area contributed by atoms with Gasteiger partial charge in [0, 0.05) is 5.56 Å². The Balaban J connectivity index is 2.64. The van der Waals surface area contributed by atoms with Crippen LogP contribution in [0, 0.1) is 6.92 Å². The highest BCUT2D eigenvalue weighted by atomic mass is 35.5. The summed E-state index contributed by atoms with van der Waals surface area (Å²) in [6.45, 7) is 1.93. The lowest BCUT2D eigenvalue weighted by molar-refractivity contribution is 0.587. The lowest BCUT2D eigenvalue weighted by atomic mass is 10.0. The molecular weight excluding hydrogens is 282 g/mol. The van der Waals surface area contributed by atoms with E-state index in [0.29, 0.717) is 5.56 Å². The van der Waals surface area contributed by atoms with E-state index in [1.807, 2.05) is 43.3 Å². The summed E-state index contributed by atoms with van der Waals surface area (Å²) < 4.78 is 26.6. The smallest absolute Gasteiger partial charge is 0.207 e. The molecule has 0 aromatic heterocycles. The van der Waals surface area contributed by atoms with Crippen molar-refractivity contribution in [1.82, 2.24) is 4.72 Å². The summed E-state index contributed by atoms with van der Waals surface area (Å²) in [6.07, 6.45) is 0. The summed E-state index contributed by atoms with van der Waals surface area (Å²) in [6, 6.07) is 14.5. The highest BCUT2D eigenvalue weighted by Crippen LogP contribution is 2.28. The first-order valence-corrected chi connectivity index (χ1v) is 7.78. The highest BCUT2D eigenvalue weighted by Gasteiger charge is 2.18. The minimum atomic E-state index is -3.59. The number of hydrogen-bond acceptors (Lipinski definition) is 2. The van der Waals surface area contributed by atoms with E-state index in [9.17, 15) is 8.42 Å². The van der Waals surface area contributed by atoms with Crippen LogP contribution < -0.4 is 4.72 Å². The molecule has 0 aliphatic rings. The monoisotopic (exact) mass is 295 g/mol. The molecule has 3 nitrogen and oxygen atoms in total. The predicted octanol–water partition coefficient (Wildman–Crippen LogP) is 3.14. The molecule has 0 spiro atoms.